The van der Waals surface area contributed by atoms with Gasteiger partial charge in [0, 0.05) is 11.6 Å². The standard InChI is InChI=1S/C11H15Cl2N/c1-8(2)5-6-14-11-7-9(12)3-4-10(11)13/h3-4,7-8,14H,5-6H2,1-2H3. The van der Waals surface area contributed by atoms with Crippen LogP contribution in [-0.4, -0.2) is 6.54 Å². The van der Waals surface area contributed by atoms with Crippen molar-refractivity contribution in [3.05, 3.63) is 28.2 Å². The predicted molar refractivity (Wildman–Crippen MR) is 64.4 cm³/mol. The molecule has 1 N–H and O–H groups in total. The number of halogens is 2. The van der Waals surface area contributed by atoms with E-state index in [0.717, 1.165) is 23.7 Å². The minimum atomic E-state index is 0.695. The molecule has 0 saturated carbocycles. The maximum atomic E-state index is 5.99. The number of rotatable bonds is 4. The summed E-state index contributed by atoms with van der Waals surface area (Å²) in [6.45, 7) is 5.32. The first-order chi connectivity index (χ1) is 6.59. The van der Waals surface area contributed by atoms with Crippen LogP contribution >= 0.6 is 23.2 Å². The summed E-state index contributed by atoms with van der Waals surface area (Å²) in [6, 6.07) is 5.45. The van der Waals surface area contributed by atoms with Crippen molar-refractivity contribution in [2.24, 2.45) is 5.92 Å². The van der Waals surface area contributed by atoms with E-state index in [2.05, 4.69) is 19.2 Å². The zero-order valence-electron chi connectivity index (χ0n) is 8.48. The Morgan fingerprint density at radius 2 is 2.00 bits per heavy atom. The number of hydrogen-bond acceptors (Lipinski definition) is 1. The summed E-state index contributed by atoms with van der Waals surface area (Å²) in [7, 11) is 0. The molecule has 1 aromatic rings. The molecule has 0 heterocycles. The Hall–Kier alpha value is -0.400. The lowest BCUT2D eigenvalue weighted by Gasteiger charge is -2.10. The lowest BCUT2D eigenvalue weighted by molar-refractivity contribution is 0.607. The Morgan fingerprint density at radius 3 is 2.64 bits per heavy atom. The molecule has 0 aliphatic carbocycles. The summed E-state index contributed by atoms with van der Waals surface area (Å²) in [5.41, 5.74) is 0.916. The molecule has 0 aromatic heterocycles. The Bertz CT molecular complexity index is 297. The molecule has 1 aromatic carbocycles. The van der Waals surface area contributed by atoms with Crippen molar-refractivity contribution in [1.29, 1.82) is 0 Å². The first-order valence-corrected chi connectivity index (χ1v) is 5.54. The van der Waals surface area contributed by atoms with E-state index in [0.29, 0.717) is 10.9 Å². The molecule has 1 nitrogen and oxygen atoms in total. The second-order valence-corrected chi connectivity index (χ2v) is 4.58. The molecule has 0 bridgehead atoms. The van der Waals surface area contributed by atoms with Crippen LogP contribution in [0.1, 0.15) is 20.3 Å². The van der Waals surface area contributed by atoms with E-state index in [-0.39, 0.29) is 0 Å². The minimum absolute atomic E-state index is 0.695. The van der Waals surface area contributed by atoms with Crippen molar-refractivity contribution < 1.29 is 0 Å². The summed E-state index contributed by atoms with van der Waals surface area (Å²) in [5, 5.41) is 4.70. The molecule has 0 atom stereocenters. The van der Waals surface area contributed by atoms with Gasteiger partial charge in [0.25, 0.3) is 0 Å². The Balaban J connectivity index is 2.53. The number of anilines is 1. The molecule has 1 rings (SSSR count). The maximum absolute atomic E-state index is 5.99. The predicted octanol–water partition coefficient (Wildman–Crippen LogP) is 4.45. The van der Waals surface area contributed by atoms with Crippen molar-refractivity contribution >= 4 is 28.9 Å². The average Bonchev–Trinajstić information content (AvgIpc) is 2.10. The highest BCUT2D eigenvalue weighted by Gasteiger charge is 2.00. The van der Waals surface area contributed by atoms with E-state index in [9.17, 15) is 0 Å². The van der Waals surface area contributed by atoms with Gasteiger partial charge in [-0.15, -0.1) is 0 Å². The fraction of sp³-hybridized carbons (Fsp3) is 0.455. The molecule has 0 spiro atoms. The third-order valence-electron chi connectivity index (χ3n) is 1.97. The van der Waals surface area contributed by atoms with Crippen LogP contribution in [0.5, 0.6) is 0 Å². The molecular formula is C11H15Cl2N. The van der Waals surface area contributed by atoms with E-state index in [4.69, 9.17) is 23.2 Å². The van der Waals surface area contributed by atoms with Gasteiger partial charge in [0.1, 0.15) is 0 Å². The minimum Gasteiger partial charge on any atom is -0.384 e. The quantitative estimate of drug-likeness (QED) is 0.808. The number of benzene rings is 1. The van der Waals surface area contributed by atoms with Crippen LogP contribution in [-0.2, 0) is 0 Å². The van der Waals surface area contributed by atoms with Crippen LogP contribution in [0, 0.1) is 5.92 Å². The Kier molecular flexibility index (Phi) is 4.56. The summed E-state index contributed by atoms with van der Waals surface area (Å²) < 4.78 is 0. The molecule has 14 heavy (non-hydrogen) atoms. The monoisotopic (exact) mass is 231 g/mol. The fourth-order valence-corrected chi connectivity index (χ4v) is 1.48. The van der Waals surface area contributed by atoms with Gasteiger partial charge in [-0.05, 0) is 30.5 Å². The average molecular weight is 232 g/mol. The van der Waals surface area contributed by atoms with E-state index in [1.165, 1.54) is 0 Å². The summed E-state index contributed by atoms with van der Waals surface area (Å²) in [5.74, 6) is 0.695. The summed E-state index contributed by atoms with van der Waals surface area (Å²) in [6.07, 6.45) is 1.13. The maximum Gasteiger partial charge on any atom is 0.0638 e. The smallest absolute Gasteiger partial charge is 0.0638 e. The summed E-state index contributed by atoms with van der Waals surface area (Å²) >= 11 is 11.9. The second-order valence-electron chi connectivity index (χ2n) is 3.73. The third-order valence-corrected chi connectivity index (χ3v) is 2.53. The first kappa shape index (κ1) is 11.7. The third kappa shape index (κ3) is 3.77. The van der Waals surface area contributed by atoms with Crippen LogP contribution in [0.4, 0.5) is 5.69 Å². The highest BCUT2D eigenvalue weighted by molar-refractivity contribution is 6.35. The molecule has 0 amide bonds. The van der Waals surface area contributed by atoms with Crippen LogP contribution < -0.4 is 5.32 Å². The first-order valence-electron chi connectivity index (χ1n) is 4.78. The number of nitrogens with one attached hydrogen (secondary N) is 1. The van der Waals surface area contributed by atoms with Gasteiger partial charge >= 0.3 is 0 Å². The Morgan fingerprint density at radius 1 is 1.29 bits per heavy atom. The second kappa shape index (κ2) is 5.47. The molecule has 0 radical (unpaired) electrons. The molecule has 3 heteroatoms. The van der Waals surface area contributed by atoms with Crippen molar-refractivity contribution in [3.8, 4) is 0 Å². The van der Waals surface area contributed by atoms with E-state index in [1.54, 1.807) is 6.07 Å². The molecular weight excluding hydrogens is 217 g/mol. The van der Waals surface area contributed by atoms with Crippen molar-refractivity contribution in [2.75, 3.05) is 11.9 Å². The van der Waals surface area contributed by atoms with Crippen LogP contribution in [0.15, 0.2) is 18.2 Å². The van der Waals surface area contributed by atoms with Gasteiger partial charge in [-0.3, -0.25) is 0 Å². The van der Waals surface area contributed by atoms with Gasteiger partial charge < -0.3 is 5.32 Å². The van der Waals surface area contributed by atoms with Crippen LogP contribution in [0.2, 0.25) is 10.0 Å². The van der Waals surface area contributed by atoms with Gasteiger partial charge in [0.2, 0.25) is 0 Å². The molecule has 0 aliphatic heterocycles. The van der Waals surface area contributed by atoms with Gasteiger partial charge in [-0.25, -0.2) is 0 Å². The van der Waals surface area contributed by atoms with E-state index < -0.39 is 0 Å². The van der Waals surface area contributed by atoms with Crippen LogP contribution in [0.3, 0.4) is 0 Å². The Labute approximate surface area is 95.4 Å². The molecule has 0 unspecified atom stereocenters. The lowest BCUT2D eigenvalue weighted by Crippen LogP contribution is -2.04. The van der Waals surface area contributed by atoms with E-state index >= 15 is 0 Å². The zero-order valence-corrected chi connectivity index (χ0v) is 9.99. The van der Waals surface area contributed by atoms with Gasteiger partial charge in [0.15, 0.2) is 0 Å². The normalized spacial score (nSPS) is 10.6. The highest BCUT2D eigenvalue weighted by Crippen LogP contribution is 2.25. The zero-order chi connectivity index (χ0) is 10.6. The van der Waals surface area contributed by atoms with Gasteiger partial charge in [-0.1, -0.05) is 37.0 Å². The van der Waals surface area contributed by atoms with Crippen molar-refractivity contribution in [3.63, 3.8) is 0 Å². The topological polar surface area (TPSA) is 12.0 Å². The molecule has 0 saturated heterocycles. The van der Waals surface area contributed by atoms with E-state index in [1.807, 2.05) is 12.1 Å². The lowest BCUT2D eigenvalue weighted by atomic mass is 10.1. The fourth-order valence-electron chi connectivity index (χ4n) is 1.13. The molecule has 78 valence electrons. The highest BCUT2D eigenvalue weighted by atomic mass is 35.5. The van der Waals surface area contributed by atoms with Gasteiger partial charge in [-0.2, -0.15) is 0 Å². The van der Waals surface area contributed by atoms with Gasteiger partial charge in [0.05, 0.1) is 10.7 Å². The van der Waals surface area contributed by atoms with Crippen molar-refractivity contribution in [1.82, 2.24) is 0 Å². The largest absolute Gasteiger partial charge is 0.384 e. The van der Waals surface area contributed by atoms with Crippen LogP contribution in [0.25, 0.3) is 0 Å². The summed E-state index contributed by atoms with van der Waals surface area (Å²) in [4.78, 5) is 0. The SMILES string of the molecule is CC(C)CCNc1cc(Cl)ccc1Cl. The number of hydrogen-bond donors (Lipinski definition) is 1. The molecule has 0 aliphatic rings. The van der Waals surface area contributed by atoms with Crippen molar-refractivity contribution in [2.45, 2.75) is 20.3 Å². The molecule has 0 fully saturated rings.